The largest absolute Gasteiger partial charge is 0.389 e. The standard InChI is InChI=1S/C16H25FN2S/c1-3-5-9-19(10-6-4-2)12-13-7-8-15(17)14(11-13)16(18)20/h7-8,11H,3-6,9-10,12H2,1-2H3,(H2,18,20). The summed E-state index contributed by atoms with van der Waals surface area (Å²) in [6, 6.07) is 5.06. The third-order valence-corrected chi connectivity index (χ3v) is 3.58. The lowest BCUT2D eigenvalue weighted by atomic mass is 10.1. The van der Waals surface area contributed by atoms with Crippen LogP contribution in [0.1, 0.15) is 50.7 Å². The monoisotopic (exact) mass is 296 g/mol. The maximum absolute atomic E-state index is 13.6. The molecule has 0 radical (unpaired) electrons. The fourth-order valence-electron chi connectivity index (χ4n) is 2.15. The third-order valence-electron chi connectivity index (χ3n) is 3.36. The SMILES string of the molecule is CCCCN(CCCC)Cc1ccc(F)c(C(N)=S)c1. The number of unbranched alkanes of at least 4 members (excludes halogenated alkanes) is 2. The van der Waals surface area contributed by atoms with Crippen molar-refractivity contribution in [2.75, 3.05) is 13.1 Å². The van der Waals surface area contributed by atoms with Crippen LogP contribution >= 0.6 is 12.2 Å². The average molecular weight is 296 g/mol. The molecule has 0 aromatic heterocycles. The van der Waals surface area contributed by atoms with Gasteiger partial charge in [0.2, 0.25) is 0 Å². The fraction of sp³-hybridized carbons (Fsp3) is 0.562. The van der Waals surface area contributed by atoms with E-state index in [1.54, 1.807) is 6.07 Å². The minimum atomic E-state index is -0.338. The Morgan fingerprint density at radius 2 is 1.80 bits per heavy atom. The Morgan fingerprint density at radius 3 is 2.30 bits per heavy atom. The zero-order valence-electron chi connectivity index (χ0n) is 12.5. The van der Waals surface area contributed by atoms with Crippen molar-refractivity contribution in [3.63, 3.8) is 0 Å². The highest BCUT2D eigenvalue weighted by Gasteiger charge is 2.09. The van der Waals surface area contributed by atoms with Crippen LogP contribution in [0, 0.1) is 5.82 Å². The van der Waals surface area contributed by atoms with E-state index in [1.165, 1.54) is 31.7 Å². The second kappa shape index (κ2) is 9.03. The number of nitrogens with zero attached hydrogens (tertiary/aromatic N) is 1. The van der Waals surface area contributed by atoms with Gasteiger partial charge in [-0.05, 0) is 43.6 Å². The van der Waals surface area contributed by atoms with E-state index in [-0.39, 0.29) is 10.8 Å². The summed E-state index contributed by atoms with van der Waals surface area (Å²) >= 11 is 4.89. The lowest BCUT2D eigenvalue weighted by molar-refractivity contribution is 0.257. The van der Waals surface area contributed by atoms with Gasteiger partial charge in [-0.3, -0.25) is 4.90 Å². The molecule has 0 fully saturated rings. The Balaban J connectivity index is 2.76. The van der Waals surface area contributed by atoms with E-state index >= 15 is 0 Å². The topological polar surface area (TPSA) is 29.3 Å². The molecule has 20 heavy (non-hydrogen) atoms. The first kappa shape index (κ1) is 17.1. The lowest BCUT2D eigenvalue weighted by Crippen LogP contribution is -2.26. The normalized spacial score (nSPS) is 11.0. The Bertz CT molecular complexity index is 426. The van der Waals surface area contributed by atoms with Gasteiger partial charge in [0.05, 0.1) is 0 Å². The van der Waals surface area contributed by atoms with Gasteiger partial charge in [0.1, 0.15) is 10.8 Å². The first-order valence-electron chi connectivity index (χ1n) is 7.39. The van der Waals surface area contributed by atoms with Crippen molar-refractivity contribution in [1.29, 1.82) is 0 Å². The maximum atomic E-state index is 13.6. The number of rotatable bonds is 9. The van der Waals surface area contributed by atoms with Crippen LogP contribution in [-0.4, -0.2) is 23.0 Å². The van der Waals surface area contributed by atoms with Crippen LogP contribution in [0.25, 0.3) is 0 Å². The minimum Gasteiger partial charge on any atom is -0.389 e. The van der Waals surface area contributed by atoms with Crippen molar-refractivity contribution in [2.45, 2.75) is 46.1 Å². The van der Waals surface area contributed by atoms with Gasteiger partial charge in [-0.25, -0.2) is 4.39 Å². The van der Waals surface area contributed by atoms with Crippen LogP contribution in [0.15, 0.2) is 18.2 Å². The van der Waals surface area contributed by atoms with Gasteiger partial charge in [-0.15, -0.1) is 0 Å². The Hall–Kier alpha value is -1.00. The van der Waals surface area contributed by atoms with Gasteiger partial charge in [0.15, 0.2) is 0 Å². The molecule has 0 saturated heterocycles. The van der Waals surface area contributed by atoms with Crippen molar-refractivity contribution < 1.29 is 4.39 Å². The summed E-state index contributed by atoms with van der Waals surface area (Å²) in [5.41, 5.74) is 6.97. The van der Waals surface area contributed by atoms with Crippen molar-refractivity contribution in [3.8, 4) is 0 Å². The predicted molar refractivity (Wildman–Crippen MR) is 87.4 cm³/mol. The van der Waals surface area contributed by atoms with Gasteiger partial charge in [-0.1, -0.05) is 45.0 Å². The number of hydrogen-bond acceptors (Lipinski definition) is 2. The Labute approximate surface area is 127 Å². The highest BCUT2D eigenvalue weighted by molar-refractivity contribution is 7.80. The fourth-order valence-corrected chi connectivity index (χ4v) is 2.31. The number of hydrogen-bond donors (Lipinski definition) is 1. The van der Waals surface area contributed by atoms with Crippen LogP contribution in [-0.2, 0) is 6.54 Å². The summed E-state index contributed by atoms with van der Waals surface area (Å²) in [4.78, 5) is 2.54. The van der Waals surface area contributed by atoms with Gasteiger partial charge in [0, 0.05) is 12.1 Å². The molecule has 112 valence electrons. The molecule has 1 rings (SSSR count). The van der Waals surface area contributed by atoms with E-state index in [9.17, 15) is 4.39 Å². The highest BCUT2D eigenvalue weighted by atomic mass is 32.1. The molecule has 0 unspecified atom stereocenters. The molecule has 0 heterocycles. The molecule has 0 atom stereocenters. The molecule has 0 spiro atoms. The second-order valence-corrected chi connectivity index (χ2v) is 5.60. The Morgan fingerprint density at radius 1 is 1.20 bits per heavy atom. The average Bonchev–Trinajstić information content (AvgIpc) is 2.43. The summed E-state index contributed by atoms with van der Waals surface area (Å²) in [6.07, 6.45) is 4.74. The minimum absolute atomic E-state index is 0.123. The summed E-state index contributed by atoms with van der Waals surface area (Å²) in [7, 11) is 0. The first-order chi connectivity index (χ1) is 9.58. The predicted octanol–water partition coefficient (Wildman–Crippen LogP) is 3.86. The molecule has 0 saturated carbocycles. The second-order valence-electron chi connectivity index (χ2n) is 5.16. The molecule has 0 aliphatic rings. The number of halogens is 1. The molecular formula is C16H25FN2S. The Kier molecular flexibility index (Phi) is 7.70. The van der Waals surface area contributed by atoms with E-state index in [0.717, 1.165) is 25.2 Å². The molecule has 0 aliphatic heterocycles. The van der Waals surface area contributed by atoms with E-state index in [4.69, 9.17) is 18.0 Å². The van der Waals surface area contributed by atoms with Crippen LogP contribution in [0.2, 0.25) is 0 Å². The zero-order valence-corrected chi connectivity index (χ0v) is 13.3. The van der Waals surface area contributed by atoms with Crippen LogP contribution in [0.3, 0.4) is 0 Å². The molecule has 2 nitrogen and oxygen atoms in total. The van der Waals surface area contributed by atoms with Crippen LogP contribution < -0.4 is 5.73 Å². The van der Waals surface area contributed by atoms with Gasteiger partial charge >= 0.3 is 0 Å². The van der Waals surface area contributed by atoms with Crippen molar-refractivity contribution in [3.05, 3.63) is 35.1 Å². The molecule has 0 amide bonds. The molecule has 2 N–H and O–H groups in total. The summed E-state index contributed by atoms with van der Waals surface area (Å²) in [5, 5.41) is 0. The summed E-state index contributed by atoms with van der Waals surface area (Å²) in [6.45, 7) is 7.38. The summed E-state index contributed by atoms with van der Waals surface area (Å²) < 4.78 is 13.6. The summed E-state index contributed by atoms with van der Waals surface area (Å²) in [5.74, 6) is -0.338. The van der Waals surface area contributed by atoms with E-state index in [0.29, 0.717) is 5.56 Å². The van der Waals surface area contributed by atoms with Gasteiger partial charge in [0.25, 0.3) is 0 Å². The van der Waals surface area contributed by atoms with Crippen molar-refractivity contribution in [2.24, 2.45) is 5.73 Å². The van der Waals surface area contributed by atoms with Crippen LogP contribution in [0.4, 0.5) is 4.39 Å². The molecular weight excluding hydrogens is 271 g/mol. The molecule has 1 aromatic carbocycles. The first-order valence-corrected chi connectivity index (χ1v) is 7.79. The number of benzene rings is 1. The number of nitrogens with two attached hydrogens (primary N) is 1. The van der Waals surface area contributed by atoms with Crippen molar-refractivity contribution >= 4 is 17.2 Å². The highest BCUT2D eigenvalue weighted by Crippen LogP contribution is 2.13. The molecule has 4 heteroatoms. The van der Waals surface area contributed by atoms with Crippen LogP contribution in [0.5, 0.6) is 0 Å². The smallest absolute Gasteiger partial charge is 0.133 e. The quantitative estimate of drug-likeness (QED) is 0.702. The third kappa shape index (κ3) is 5.55. The van der Waals surface area contributed by atoms with E-state index in [1.807, 2.05) is 6.07 Å². The maximum Gasteiger partial charge on any atom is 0.133 e. The van der Waals surface area contributed by atoms with Gasteiger partial charge < -0.3 is 5.73 Å². The molecule has 1 aromatic rings. The lowest BCUT2D eigenvalue weighted by Gasteiger charge is -2.22. The van der Waals surface area contributed by atoms with E-state index in [2.05, 4.69) is 18.7 Å². The zero-order chi connectivity index (χ0) is 15.0. The van der Waals surface area contributed by atoms with E-state index < -0.39 is 0 Å². The molecule has 0 aliphatic carbocycles. The van der Waals surface area contributed by atoms with Crippen molar-refractivity contribution in [1.82, 2.24) is 4.90 Å². The van der Waals surface area contributed by atoms with Gasteiger partial charge in [-0.2, -0.15) is 0 Å². The number of thiocarbonyl (C=S) groups is 1. The molecule has 0 bridgehead atoms.